The van der Waals surface area contributed by atoms with Crippen molar-refractivity contribution in [1.29, 1.82) is 5.26 Å². The van der Waals surface area contributed by atoms with Gasteiger partial charge in [0, 0.05) is 17.7 Å². The topological polar surface area (TPSA) is 104 Å². The number of non-ortho nitro benzene ring substituents is 1. The fraction of sp³-hybridized carbons (Fsp3) is 0. The largest absolute Gasteiger partial charge is 0.478 e. The van der Waals surface area contributed by atoms with Gasteiger partial charge in [0.15, 0.2) is 0 Å². The highest BCUT2D eigenvalue weighted by atomic mass is 35.5. The maximum absolute atomic E-state index is 11.2. The summed E-state index contributed by atoms with van der Waals surface area (Å²) in [4.78, 5) is 21.4. The van der Waals surface area contributed by atoms with Crippen molar-refractivity contribution in [3.05, 3.63) is 62.7 Å². The summed E-state index contributed by atoms with van der Waals surface area (Å²) >= 11 is 5.82. The van der Waals surface area contributed by atoms with Gasteiger partial charge < -0.3 is 5.11 Å². The summed E-state index contributed by atoms with van der Waals surface area (Å²) in [5, 5.41) is 29.2. The summed E-state index contributed by atoms with van der Waals surface area (Å²) in [6.07, 6.45) is 0. The number of nitro groups is 1. The molecule has 2 aromatic carbocycles. The van der Waals surface area contributed by atoms with E-state index in [1.807, 2.05) is 6.07 Å². The lowest BCUT2D eigenvalue weighted by atomic mass is 9.97. The summed E-state index contributed by atoms with van der Waals surface area (Å²) in [6, 6.07) is 9.67. The number of hydrogen-bond acceptors (Lipinski definition) is 4. The van der Waals surface area contributed by atoms with E-state index in [1.54, 1.807) is 0 Å². The second-order valence-corrected chi connectivity index (χ2v) is 4.51. The van der Waals surface area contributed by atoms with Gasteiger partial charge in [-0.05, 0) is 23.8 Å². The van der Waals surface area contributed by atoms with Crippen LogP contribution in [-0.4, -0.2) is 16.0 Å². The number of benzene rings is 2. The maximum atomic E-state index is 11.2. The van der Waals surface area contributed by atoms with E-state index in [2.05, 4.69) is 0 Å². The van der Waals surface area contributed by atoms with E-state index in [0.717, 1.165) is 18.2 Å². The van der Waals surface area contributed by atoms with Gasteiger partial charge in [-0.1, -0.05) is 17.7 Å². The van der Waals surface area contributed by atoms with Crippen LogP contribution in [-0.2, 0) is 0 Å². The van der Waals surface area contributed by atoms with E-state index in [0.29, 0.717) is 5.56 Å². The van der Waals surface area contributed by atoms with Gasteiger partial charge >= 0.3 is 5.97 Å². The number of nitriles is 1. The van der Waals surface area contributed by atoms with Gasteiger partial charge in [-0.2, -0.15) is 5.26 Å². The first-order valence-electron chi connectivity index (χ1n) is 5.66. The average Bonchev–Trinajstić information content (AvgIpc) is 2.47. The molecule has 0 saturated carbocycles. The average molecular weight is 303 g/mol. The molecule has 7 heteroatoms. The van der Waals surface area contributed by atoms with Crippen LogP contribution in [0.15, 0.2) is 36.4 Å². The van der Waals surface area contributed by atoms with E-state index in [4.69, 9.17) is 16.9 Å². The lowest BCUT2D eigenvalue weighted by molar-refractivity contribution is -0.384. The minimum Gasteiger partial charge on any atom is -0.478 e. The zero-order chi connectivity index (χ0) is 15.6. The number of nitrogens with zero attached hydrogens (tertiary/aromatic N) is 2. The van der Waals surface area contributed by atoms with Crippen LogP contribution < -0.4 is 0 Å². The van der Waals surface area contributed by atoms with Crippen molar-refractivity contribution in [2.75, 3.05) is 0 Å². The van der Waals surface area contributed by atoms with E-state index >= 15 is 0 Å². The zero-order valence-corrected chi connectivity index (χ0v) is 11.2. The Hall–Kier alpha value is -2.91. The van der Waals surface area contributed by atoms with E-state index < -0.39 is 10.9 Å². The number of carboxylic acid groups (broad SMARTS) is 1. The van der Waals surface area contributed by atoms with Gasteiger partial charge in [0.05, 0.1) is 21.1 Å². The molecule has 104 valence electrons. The molecule has 0 amide bonds. The van der Waals surface area contributed by atoms with Gasteiger partial charge in [-0.25, -0.2) is 4.79 Å². The predicted octanol–water partition coefficient (Wildman–Crippen LogP) is 3.49. The molecule has 0 aliphatic heterocycles. The normalized spacial score (nSPS) is 9.90. The number of aromatic carboxylic acids is 1. The van der Waals surface area contributed by atoms with Crippen molar-refractivity contribution in [1.82, 2.24) is 0 Å². The Balaban J connectivity index is 2.71. The molecular formula is C14H7ClN2O4. The number of nitro benzene ring substituents is 1. The Kier molecular flexibility index (Phi) is 3.87. The number of hydrogen-bond donors (Lipinski definition) is 1. The summed E-state index contributed by atoms with van der Waals surface area (Å²) in [7, 11) is 0. The SMILES string of the molecule is N#Cc1cc(-c2cc([N+](=O)[O-])ccc2C(=O)O)ccc1Cl. The van der Waals surface area contributed by atoms with E-state index in [1.165, 1.54) is 18.2 Å². The number of carboxylic acids is 1. The molecule has 0 aromatic heterocycles. The molecule has 0 fully saturated rings. The minimum absolute atomic E-state index is 0.0909. The van der Waals surface area contributed by atoms with Crippen LogP contribution in [0, 0.1) is 21.4 Å². The lowest BCUT2D eigenvalue weighted by Gasteiger charge is -2.07. The standard InChI is InChI=1S/C14H7ClN2O4/c15-13-4-1-8(5-9(13)7-16)12-6-10(17(20)21)2-3-11(12)14(18)19/h1-6H,(H,18,19). The smallest absolute Gasteiger partial charge is 0.336 e. The third kappa shape index (κ3) is 2.83. The summed E-state index contributed by atoms with van der Waals surface area (Å²) in [5.41, 5.74) is 0.370. The highest BCUT2D eigenvalue weighted by Crippen LogP contribution is 2.30. The van der Waals surface area contributed by atoms with Crippen LogP contribution in [0.1, 0.15) is 15.9 Å². The number of carbonyl (C=O) groups is 1. The molecule has 1 N–H and O–H groups in total. The third-order valence-corrected chi connectivity index (χ3v) is 3.17. The molecule has 0 atom stereocenters. The van der Waals surface area contributed by atoms with Crippen molar-refractivity contribution in [3.63, 3.8) is 0 Å². The van der Waals surface area contributed by atoms with Crippen LogP contribution in [0.25, 0.3) is 11.1 Å². The molecule has 0 saturated heterocycles. The van der Waals surface area contributed by atoms with Crippen molar-refractivity contribution in [2.45, 2.75) is 0 Å². The first kappa shape index (κ1) is 14.5. The number of halogens is 1. The van der Waals surface area contributed by atoms with Crippen LogP contribution in [0.4, 0.5) is 5.69 Å². The first-order valence-corrected chi connectivity index (χ1v) is 6.03. The maximum Gasteiger partial charge on any atom is 0.336 e. The van der Waals surface area contributed by atoms with Gasteiger partial charge in [0.2, 0.25) is 0 Å². The van der Waals surface area contributed by atoms with Crippen molar-refractivity contribution < 1.29 is 14.8 Å². The Morgan fingerprint density at radius 1 is 1.29 bits per heavy atom. The molecular weight excluding hydrogens is 296 g/mol. The fourth-order valence-corrected chi connectivity index (χ4v) is 2.01. The molecule has 2 rings (SSSR count). The molecule has 0 heterocycles. The Morgan fingerprint density at radius 3 is 2.57 bits per heavy atom. The monoisotopic (exact) mass is 302 g/mol. The molecule has 21 heavy (non-hydrogen) atoms. The van der Waals surface area contributed by atoms with Crippen molar-refractivity contribution in [2.24, 2.45) is 0 Å². The molecule has 6 nitrogen and oxygen atoms in total. The van der Waals surface area contributed by atoms with E-state index in [-0.39, 0.29) is 27.4 Å². The van der Waals surface area contributed by atoms with Gasteiger partial charge in [0.1, 0.15) is 6.07 Å². The van der Waals surface area contributed by atoms with Crippen molar-refractivity contribution >= 4 is 23.3 Å². The summed E-state index contributed by atoms with van der Waals surface area (Å²) < 4.78 is 0. The third-order valence-electron chi connectivity index (χ3n) is 2.84. The van der Waals surface area contributed by atoms with Crippen LogP contribution in [0.2, 0.25) is 5.02 Å². The van der Waals surface area contributed by atoms with Gasteiger partial charge in [-0.3, -0.25) is 10.1 Å². The van der Waals surface area contributed by atoms with Gasteiger partial charge in [-0.15, -0.1) is 0 Å². The van der Waals surface area contributed by atoms with Crippen LogP contribution in [0.5, 0.6) is 0 Å². The highest BCUT2D eigenvalue weighted by Gasteiger charge is 2.17. The number of rotatable bonds is 3. The Labute approximate surface area is 124 Å². The zero-order valence-electron chi connectivity index (χ0n) is 10.4. The molecule has 0 aliphatic rings. The molecule has 2 aromatic rings. The van der Waals surface area contributed by atoms with Crippen LogP contribution in [0.3, 0.4) is 0 Å². The molecule has 0 spiro atoms. The molecule has 0 unspecified atom stereocenters. The quantitative estimate of drug-likeness (QED) is 0.690. The lowest BCUT2D eigenvalue weighted by Crippen LogP contribution is -2.01. The molecule has 0 aliphatic carbocycles. The highest BCUT2D eigenvalue weighted by molar-refractivity contribution is 6.31. The predicted molar refractivity (Wildman–Crippen MR) is 75.2 cm³/mol. The second kappa shape index (κ2) is 5.61. The van der Waals surface area contributed by atoms with E-state index in [9.17, 15) is 20.0 Å². The first-order chi connectivity index (χ1) is 9.93. The van der Waals surface area contributed by atoms with Crippen molar-refractivity contribution in [3.8, 4) is 17.2 Å². The van der Waals surface area contributed by atoms with Gasteiger partial charge in [0.25, 0.3) is 5.69 Å². The van der Waals surface area contributed by atoms with Crippen LogP contribution >= 0.6 is 11.6 Å². The fourth-order valence-electron chi connectivity index (χ4n) is 1.85. The molecule has 0 bridgehead atoms. The molecule has 0 radical (unpaired) electrons. The Bertz CT molecular complexity index is 796. The summed E-state index contributed by atoms with van der Waals surface area (Å²) in [6.45, 7) is 0. The summed E-state index contributed by atoms with van der Waals surface area (Å²) in [5.74, 6) is -1.21. The minimum atomic E-state index is -1.21. The second-order valence-electron chi connectivity index (χ2n) is 4.10. The Morgan fingerprint density at radius 2 is 2.00 bits per heavy atom.